The van der Waals surface area contributed by atoms with E-state index < -0.39 is 5.97 Å². The van der Waals surface area contributed by atoms with Crippen LogP contribution in [0.5, 0.6) is 0 Å². The second kappa shape index (κ2) is 14.6. The molecule has 5 heterocycles. The number of aliphatic hydroxyl groups excluding tert-OH is 2. The van der Waals surface area contributed by atoms with E-state index in [2.05, 4.69) is 39.4 Å². The summed E-state index contributed by atoms with van der Waals surface area (Å²) in [4.78, 5) is 24.4. The summed E-state index contributed by atoms with van der Waals surface area (Å²) in [5.41, 5.74) is 5.22. The number of aliphatic hydroxyl groups is 2. The molecule has 10 rings (SSSR count). The summed E-state index contributed by atoms with van der Waals surface area (Å²) in [5, 5.41) is 51.0. The highest BCUT2D eigenvalue weighted by atomic mass is 32.1. The number of benzene rings is 1. The van der Waals surface area contributed by atoms with Crippen molar-refractivity contribution in [2.45, 2.75) is 97.2 Å². The van der Waals surface area contributed by atoms with Crippen molar-refractivity contribution >= 4 is 50.1 Å². The number of thiazole rings is 1. The molecular formula is C43H53N9O5S. The molecule has 1 aliphatic heterocycles. The molecular weight excluding hydrogens is 755 g/mol. The maximum absolute atomic E-state index is 12.9. The number of anilines is 4. The van der Waals surface area contributed by atoms with Crippen LogP contribution in [0.2, 0.25) is 0 Å². The van der Waals surface area contributed by atoms with Gasteiger partial charge in [-0.25, -0.2) is 14.8 Å². The highest BCUT2D eigenvalue weighted by Crippen LogP contribution is 2.72. The smallest absolute Gasteiger partial charge is 0.355 e. The molecule has 4 fully saturated rings. The Morgan fingerprint density at radius 1 is 0.966 bits per heavy atom. The van der Waals surface area contributed by atoms with Crippen LogP contribution in [0.15, 0.2) is 42.6 Å². The number of carboxylic acid groups (broad SMARTS) is 1. The van der Waals surface area contributed by atoms with Gasteiger partial charge in [-0.3, -0.25) is 4.68 Å². The number of aromatic nitrogens is 6. The predicted octanol–water partition coefficient (Wildman–Crippen LogP) is 6.57. The molecule has 58 heavy (non-hydrogen) atoms. The van der Waals surface area contributed by atoms with Crippen LogP contribution in [0, 0.1) is 30.1 Å². The maximum Gasteiger partial charge on any atom is 0.355 e. The SMILES string of the molecule is Cc1c(Nc2nc3ccccc3s2)nnc2c1CCCN2c1ccc(-c2cnn(CC34CC5(OCCNC(CO)CO)C[C@](C)(C3)C[C@](C)(C4)C5)c2C)c(C(=O)O)n1. The van der Waals surface area contributed by atoms with Crippen LogP contribution in [-0.2, 0) is 17.7 Å². The zero-order chi connectivity index (χ0) is 40.5. The molecule has 0 amide bonds. The zero-order valence-corrected chi connectivity index (χ0v) is 34.5. The first kappa shape index (κ1) is 38.9. The molecule has 4 aliphatic carbocycles. The summed E-state index contributed by atoms with van der Waals surface area (Å²) < 4.78 is 9.98. The average molecular weight is 808 g/mol. The Kier molecular flexibility index (Phi) is 9.82. The topological polar surface area (TPSA) is 184 Å². The van der Waals surface area contributed by atoms with E-state index in [9.17, 15) is 20.1 Å². The molecule has 0 radical (unpaired) electrons. The van der Waals surface area contributed by atoms with Gasteiger partial charge in [0.25, 0.3) is 0 Å². The third-order valence-electron chi connectivity index (χ3n) is 13.2. The van der Waals surface area contributed by atoms with Crippen molar-refractivity contribution in [1.29, 1.82) is 0 Å². The van der Waals surface area contributed by atoms with E-state index in [1.165, 1.54) is 6.42 Å². The number of nitrogens with zero attached hydrogens (tertiary/aromatic N) is 7. The van der Waals surface area contributed by atoms with Gasteiger partial charge in [0.2, 0.25) is 0 Å². The van der Waals surface area contributed by atoms with Crippen molar-refractivity contribution in [2.75, 3.05) is 43.1 Å². The van der Waals surface area contributed by atoms with E-state index in [-0.39, 0.29) is 46.8 Å². The lowest BCUT2D eigenvalue weighted by Crippen LogP contribution is -2.64. The Labute approximate surface area is 342 Å². The number of rotatable bonds is 14. The van der Waals surface area contributed by atoms with Gasteiger partial charge >= 0.3 is 5.97 Å². The fourth-order valence-electron chi connectivity index (χ4n) is 12.0. The van der Waals surface area contributed by atoms with Crippen LogP contribution < -0.4 is 15.5 Å². The van der Waals surface area contributed by atoms with Crippen LogP contribution in [-0.4, -0.2) is 95.8 Å². The fourth-order valence-corrected chi connectivity index (χ4v) is 12.8. The van der Waals surface area contributed by atoms with Gasteiger partial charge in [0.05, 0.1) is 47.9 Å². The standard InChI is InChI=1S/C43H53N9O5S/c1-26-29-8-7-14-51(37(29)50-49-36(26)48-39-46-32-9-5-6-10-33(32)58-39)34-12-11-30(35(47-34)38(55)56)31-16-45-52(27(31)2)25-42-20-40(3)19-41(4,21-42)23-43(22-40,24-42)57-15-13-44-28(17-53)18-54/h5-6,9-12,16,28,44,53-54H,7-8,13-15,17-25H2,1-4H3,(H,55,56)(H,46,48,49)/t40-,41+,42?,43?. The van der Waals surface area contributed by atoms with E-state index in [0.29, 0.717) is 42.7 Å². The lowest BCUT2D eigenvalue weighted by atomic mass is 9.39. The van der Waals surface area contributed by atoms with Gasteiger partial charge in [0.15, 0.2) is 22.5 Å². The Bertz CT molecular complexity index is 2320. The number of pyridine rings is 1. The normalized spacial score (nSPS) is 26.2. The third kappa shape index (κ3) is 7.04. The molecule has 4 atom stereocenters. The van der Waals surface area contributed by atoms with Crippen molar-refractivity contribution in [3.05, 3.63) is 65.1 Å². The molecule has 1 aromatic carbocycles. The average Bonchev–Trinajstić information content (AvgIpc) is 3.75. The number of nitrogens with one attached hydrogen (secondary N) is 2. The van der Waals surface area contributed by atoms with Crippen LogP contribution in [0.1, 0.15) is 86.1 Å². The fraction of sp³-hybridized carbons (Fsp3) is 0.535. The molecule has 0 saturated heterocycles. The number of hydrogen-bond acceptors (Lipinski definition) is 13. The molecule has 2 unspecified atom stereocenters. The first-order valence-corrected chi connectivity index (χ1v) is 21.3. The summed E-state index contributed by atoms with van der Waals surface area (Å²) in [6, 6.07) is 11.4. The van der Waals surface area contributed by atoms with E-state index in [4.69, 9.17) is 19.8 Å². The second-order valence-electron chi connectivity index (χ2n) is 18.2. The minimum atomic E-state index is -1.10. The van der Waals surface area contributed by atoms with Gasteiger partial charge in [-0.2, -0.15) is 5.10 Å². The highest BCUT2D eigenvalue weighted by Gasteiger charge is 2.66. The molecule has 4 bridgehead atoms. The van der Waals surface area contributed by atoms with Gasteiger partial charge in [-0.1, -0.05) is 37.3 Å². The van der Waals surface area contributed by atoms with Gasteiger partial charge in [0.1, 0.15) is 5.82 Å². The molecule has 0 spiro atoms. The minimum Gasteiger partial charge on any atom is -0.476 e. The van der Waals surface area contributed by atoms with Crippen molar-refractivity contribution in [3.8, 4) is 11.1 Å². The molecule has 15 heteroatoms. The maximum atomic E-state index is 12.9. The summed E-state index contributed by atoms with van der Waals surface area (Å²) in [7, 11) is 0. The number of para-hydroxylation sites is 1. The van der Waals surface area contributed by atoms with Crippen LogP contribution in [0.25, 0.3) is 21.3 Å². The number of fused-ring (bicyclic) bond motifs is 2. The van der Waals surface area contributed by atoms with Crippen LogP contribution in [0.3, 0.4) is 0 Å². The van der Waals surface area contributed by atoms with E-state index >= 15 is 0 Å². The van der Waals surface area contributed by atoms with Gasteiger partial charge in [-0.15, -0.1) is 10.2 Å². The van der Waals surface area contributed by atoms with Crippen LogP contribution in [0.4, 0.5) is 22.6 Å². The number of carboxylic acids is 1. The Hall–Kier alpha value is -4.54. The van der Waals surface area contributed by atoms with E-state index in [1.54, 1.807) is 17.5 Å². The van der Waals surface area contributed by atoms with Crippen molar-refractivity contribution in [2.24, 2.45) is 16.2 Å². The number of hydrogen-bond donors (Lipinski definition) is 5. The summed E-state index contributed by atoms with van der Waals surface area (Å²) in [6.07, 6.45) is 9.85. The first-order valence-electron chi connectivity index (χ1n) is 20.4. The minimum absolute atomic E-state index is 0.0131. The quantitative estimate of drug-likeness (QED) is 0.0761. The molecule has 14 nitrogen and oxygen atoms in total. The third-order valence-corrected chi connectivity index (χ3v) is 14.1. The molecule has 5 N–H and O–H groups in total. The van der Waals surface area contributed by atoms with Gasteiger partial charge in [-0.05, 0) is 106 Å². The molecule has 4 saturated carbocycles. The van der Waals surface area contributed by atoms with Crippen molar-refractivity contribution in [3.63, 3.8) is 0 Å². The largest absolute Gasteiger partial charge is 0.476 e. The van der Waals surface area contributed by atoms with Gasteiger partial charge in [0, 0.05) is 47.6 Å². The Morgan fingerprint density at radius 3 is 2.48 bits per heavy atom. The Balaban J connectivity index is 0.959. The second-order valence-corrected chi connectivity index (χ2v) is 19.3. The number of carbonyl (C=O) groups is 1. The highest BCUT2D eigenvalue weighted by molar-refractivity contribution is 7.22. The Morgan fingerprint density at radius 2 is 1.74 bits per heavy atom. The number of ether oxygens (including phenoxy) is 1. The number of aromatic carboxylic acids is 1. The van der Waals surface area contributed by atoms with E-state index in [1.807, 2.05) is 55.1 Å². The van der Waals surface area contributed by atoms with Crippen molar-refractivity contribution in [1.82, 2.24) is 35.3 Å². The monoisotopic (exact) mass is 807 g/mol. The van der Waals surface area contributed by atoms with Crippen LogP contribution >= 0.6 is 11.3 Å². The van der Waals surface area contributed by atoms with Crippen molar-refractivity contribution < 1.29 is 24.9 Å². The van der Waals surface area contributed by atoms with Gasteiger partial charge < -0.3 is 35.6 Å². The summed E-state index contributed by atoms with van der Waals surface area (Å²) in [6.45, 7) is 11.1. The predicted molar refractivity (Wildman–Crippen MR) is 223 cm³/mol. The molecule has 4 aromatic heterocycles. The summed E-state index contributed by atoms with van der Waals surface area (Å²) in [5.74, 6) is 0.768. The molecule has 5 aliphatic rings. The summed E-state index contributed by atoms with van der Waals surface area (Å²) >= 11 is 1.57. The lowest BCUT2D eigenvalue weighted by Gasteiger charge is -2.69. The van der Waals surface area contributed by atoms with E-state index in [0.717, 1.165) is 89.2 Å². The molecule has 306 valence electrons. The zero-order valence-electron chi connectivity index (χ0n) is 33.7. The lowest BCUT2D eigenvalue weighted by molar-refractivity contribution is -0.247. The first-order chi connectivity index (χ1) is 27.8. The molecule has 5 aromatic rings.